The van der Waals surface area contributed by atoms with E-state index in [0.29, 0.717) is 12.5 Å². The number of nitrogens with zero attached hydrogens (tertiary/aromatic N) is 2. The number of hydrogen-bond acceptors (Lipinski definition) is 7. The molecule has 55 heavy (non-hydrogen) atoms. The number of likely N-dealkylation sites (tertiary alicyclic amines) is 2. The molecule has 8 N–H and O–H groups in total. The van der Waals surface area contributed by atoms with E-state index in [-0.39, 0.29) is 6.04 Å². The van der Waals surface area contributed by atoms with Gasteiger partial charge in [-0.25, -0.2) is 0 Å². The summed E-state index contributed by atoms with van der Waals surface area (Å²) in [5.41, 5.74) is 19.6. The summed E-state index contributed by atoms with van der Waals surface area (Å²) in [4.78, 5) is 6.31. The van der Waals surface area contributed by atoms with Crippen LogP contribution in [-0.2, 0) is 6.42 Å². The van der Waals surface area contributed by atoms with Crippen molar-refractivity contribution < 1.29 is 0 Å². The summed E-state index contributed by atoms with van der Waals surface area (Å²) < 4.78 is 0. The van der Waals surface area contributed by atoms with Gasteiger partial charge >= 0.3 is 0 Å². The maximum atomic E-state index is 5.93. The Bertz CT molecular complexity index is 1200. The predicted molar refractivity (Wildman–Crippen MR) is 250 cm³/mol. The average molecular weight is 778 g/mol. The molecule has 2 aromatic rings. The van der Waals surface area contributed by atoms with E-state index < -0.39 is 0 Å². The smallest absolute Gasteiger partial charge is 0.0929 e. The van der Waals surface area contributed by atoms with Crippen molar-refractivity contribution in [3.05, 3.63) is 122 Å². The Morgan fingerprint density at radius 3 is 1.82 bits per heavy atom. The van der Waals surface area contributed by atoms with Crippen LogP contribution in [0.3, 0.4) is 0 Å². The third kappa shape index (κ3) is 28.8. The predicted octanol–water partition coefficient (Wildman–Crippen LogP) is 9.01. The van der Waals surface area contributed by atoms with E-state index in [0.717, 1.165) is 55.7 Å². The van der Waals surface area contributed by atoms with Gasteiger partial charge in [-0.05, 0) is 110 Å². The number of piperidine rings is 1. The lowest BCUT2D eigenvalue weighted by Crippen LogP contribution is -2.47. The lowest BCUT2D eigenvalue weighted by Gasteiger charge is -2.41. The highest BCUT2D eigenvalue weighted by Gasteiger charge is 2.29. The van der Waals surface area contributed by atoms with E-state index in [1.54, 1.807) is 12.2 Å². The first-order valence-electron chi connectivity index (χ1n) is 20.6. The van der Waals surface area contributed by atoms with Crippen molar-refractivity contribution in [2.75, 3.05) is 52.9 Å². The molecule has 8 heteroatoms. The molecule has 0 radical (unpaired) electrons. The fraction of sp³-hybridized carbons (Fsp3) is 0.553. The Hall–Kier alpha value is -3.27. The highest BCUT2D eigenvalue weighted by Crippen LogP contribution is 2.28. The summed E-state index contributed by atoms with van der Waals surface area (Å²) in [5.74, 6) is 1.28. The lowest BCUT2D eigenvalue weighted by atomic mass is 9.94. The molecule has 2 fully saturated rings. The largest absolute Gasteiger partial charge is 0.405 e. The number of rotatable bonds is 14. The van der Waals surface area contributed by atoms with E-state index in [4.69, 9.17) is 23.7 Å². The van der Waals surface area contributed by atoms with Crippen LogP contribution in [0.1, 0.15) is 90.7 Å². The minimum atomic E-state index is 0.141. The summed E-state index contributed by atoms with van der Waals surface area (Å²) in [5, 5.41) is 7.06. The minimum Gasteiger partial charge on any atom is -0.405 e. The molecule has 0 aliphatic carbocycles. The number of thiocarbonyl (C=S) groups is 1. The molecule has 2 unspecified atom stereocenters. The Labute approximate surface area is 345 Å². The van der Waals surface area contributed by atoms with E-state index in [1.165, 1.54) is 74.9 Å². The van der Waals surface area contributed by atoms with Gasteiger partial charge in [0, 0.05) is 43.8 Å². The molecule has 2 saturated heterocycles. The van der Waals surface area contributed by atoms with Crippen LogP contribution in [0.2, 0.25) is 0 Å². The maximum absolute atomic E-state index is 5.93. The monoisotopic (exact) mass is 778 g/mol. The van der Waals surface area contributed by atoms with Gasteiger partial charge in [-0.3, -0.25) is 0 Å². The lowest BCUT2D eigenvalue weighted by molar-refractivity contribution is 0.138. The molecular weight excluding hydrogens is 695 g/mol. The van der Waals surface area contributed by atoms with Gasteiger partial charge < -0.3 is 37.6 Å². The molecule has 2 aliphatic heterocycles. The van der Waals surface area contributed by atoms with Gasteiger partial charge in [-0.1, -0.05) is 131 Å². The van der Waals surface area contributed by atoms with E-state index in [9.17, 15) is 0 Å². The first-order valence-corrected chi connectivity index (χ1v) is 21.0. The average Bonchev–Trinajstić information content (AvgIpc) is 3.73. The summed E-state index contributed by atoms with van der Waals surface area (Å²) >= 11 is 5.85. The summed E-state index contributed by atoms with van der Waals surface area (Å²) in [6, 6.07) is 21.8. The molecule has 2 aromatic carbocycles. The van der Waals surface area contributed by atoms with Gasteiger partial charge in [-0.15, -0.1) is 13.2 Å². The van der Waals surface area contributed by atoms with Crippen molar-refractivity contribution in [1.82, 2.24) is 20.4 Å². The first kappa shape index (κ1) is 53.8. The van der Waals surface area contributed by atoms with Gasteiger partial charge in [0.05, 0.1) is 11.0 Å². The normalized spacial score (nSPS) is 14.9. The topological polar surface area (TPSA) is 109 Å². The molecule has 0 saturated carbocycles. The van der Waals surface area contributed by atoms with Crippen molar-refractivity contribution in [3.8, 4) is 0 Å². The molecule has 0 amide bonds. The van der Waals surface area contributed by atoms with E-state index >= 15 is 0 Å². The number of nitrogens with two attached hydrogens (primary N) is 3. The van der Waals surface area contributed by atoms with Gasteiger partial charge in [0.15, 0.2) is 0 Å². The second-order valence-electron chi connectivity index (χ2n) is 14.5. The number of nitrogens with one attached hydrogen (secondary N) is 2. The minimum absolute atomic E-state index is 0.141. The Kier molecular flexibility index (Phi) is 36.8. The van der Waals surface area contributed by atoms with Crippen LogP contribution in [0, 0.1) is 18.8 Å². The molecule has 312 valence electrons. The van der Waals surface area contributed by atoms with Crippen LogP contribution in [0.15, 0.2) is 111 Å². The van der Waals surface area contributed by atoms with Crippen molar-refractivity contribution in [1.29, 1.82) is 0 Å². The van der Waals surface area contributed by atoms with Crippen LogP contribution < -0.4 is 27.8 Å². The van der Waals surface area contributed by atoms with Crippen LogP contribution in [0.4, 0.5) is 0 Å². The molecule has 2 atom stereocenters. The fourth-order valence-corrected chi connectivity index (χ4v) is 6.42. The van der Waals surface area contributed by atoms with Crippen molar-refractivity contribution >= 4 is 17.2 Å². The zero-order valence-electron chi connectivity index (χ0n) is 36.2. The molecule has 7 nitrogen and oxygen atoms in total. The van der Waals surface area contributed by atoms with Crippen LogP contribution in [-0.4, -0.2) is 79.7 Å². The number of aryl methyl sites for hydroxylation is 1. The molecule has 2 aliphatic rings. The van der Waals surface area contributed by atoms with Gasteiger partial charge in [-0.2, -0.15) is 0 Å². The standard InChI is InChI=1S/C28H47N5S.C7H8.C4H10.C3H7N.C3H6.C2H5N/c1-3-10-27(33-19-14-25(15-20-33)32-17-7-8-18-32)24(13-9-16-29)22-31-28(34)26(30-2)21-23-11-5-4-6-12-23;1-7-5-3-2-4-6-7;1-4(2)3;1-2-3-4;1-3-2;1-2-3/h4-6,10-12,24-26,30H,3,7-9,13-22,29H2,1-2H3,(H,31,34);2-6H,1H3;4H,1-3H3;2H,1,3-4H2;3H,1H2,2H3;2H,1,3H2. The van der Waals surface area contributed by atoms with E-state index in [2.05, 4.69) is 129 Å². The molecule has 4 rings (SSSR count). The van der Waals surface area contributed by atoms with Gasteiger partial charge in [0.2, 0.25) is 0 Å². The highest BCUT2D eigenvalue weighted by atomic mass is 32.1. The Balaban J connectivity index is 0. The third-order valence-electron chi connectivity index (χ3n) is 8.65. The number of likely N-dealkylation sites (N-methyl/N-ethyl adjacent to an activating group) is 1. The summed E-state index contributed by atoms with van der Waals surface area (Å²) in [7, 11) is 2.00. The Morgan fingerprint density at radius 1 is 0.927 bits per heavy atom. The van der Waals surface area contributed by atoms with E-state index in [1.807, 2.05) is 32.2 Å². The summed E-state index contributed by atoms with van der Waals surface area (Å²) in [6.45, 7) is 29.7. The van der Waals surface area contributed by atoms with Crippen LogP contribution >= 0.6 is 12.2 Å². The second-order valence-corrected chi connectivity index (χ2v) is 14.9. The zero-order chi connectivity index (χ0) is 41.7. The number of allylic oxidation sites excluding steroid dienone is 2. The second kappa shape index (κ2) is 37.6. The number of hydrogen-bond donors (Lipinski definition) is 5. The Morgan fingerprint density at radius 2 is 1.42 bits per heavy atom. The molecule has 0 spiro atoms. The third-order valence-corrected chi connectivity index (χ3v) is 9.08. The quantitative estimate of drug-likeness (QED) is 0.0956. The molecular formula is C47H83N7S. The maximum Gasteiger partial charge on any atom is 0.0929 e. The van der Waals surface area contributed by atoms with Crippen molar-refractivity contribution in [3.63, 3.8) is 0 Å². The van der Waals surface area contributed by atoms with Gasteiger partial charge in [0.25, 0.3) is 0 Å². The molecule has 0 bridgehead atoms. The van der Waals surface area contributed by atoms with Crippen LogP contribution in [0.25, 0.3) is 0 Å². The zero-order valence-corrected chi connectivity index (χ0v) is 37.0. The SMILES string of the molecule is C=CC.C=CCN.C=CN.CC(C)C.CCC=C(C(CCCN)CNC(=S)C(Cc1ccccc1)NC)N1CCC(N2CCCC2)CC1.Cc1ccccc1. The summed E-state index contributed by atoms with van der Waals surface area (Å²) in [6.07, 6.45) is 16.6. The highest BCUT2D eigenvalue weighted by molar-refractivity contribution is 7.80. The molecule has 0 aromatic heterocycles. The fourth-order valence-electron chi connectivity index (χ4n) is 6.13. The number of benzene rings is 2. The molecule has 2 heterocycles. The van der Waals surface area contributed by atoms with Crippen LogP contribution in [0.5, 0.6) is 0 Å². The van der Waals surface area contributed by atoms with Crippen molar-refractivity contribution in [2.45, 2.75) is 105 Å². The first-order chi connectivity index (χ1) is 26.5. The van der Waals surface area contributed by atoms with Gasteiger partial charge in [0.1, 0.15) is 0 Å². The van der Waals surface area contributed by atoms with Crippen molar-refractivity contribution in [2.24, 2.45) is 29.0 Å².